The number of likely N-dealkylation sites (tertiary alicyclic amines) is 1. The molecule has 0 bridgehead atoms. The zero-order chi connectivity index (χ0) is 20.3. The number of ether oxygens (including phenoxy) is 1. The first-order valence-corrected chi connectivity index (χ1v) is 10.5. The summed E-state index contributed by atoms with van der Waals surface area (Å²) < 4.78 is 5.77. The van der Waals surface area contributed by atoms with Gasteiger partial charge in [-0.05, 0) is 52.5 Å². The van der Waals surface area contributed by atoms with E-state index in [9.17, 15) is 9.59 Å². The molecule has 1 aromatic rings. The smallest absolute Gasteiger partial charge is 0.416 e. The third kappa shape index (κ3) is 4.65. The van der Waals surface area contributed by atoms with Crippen LogP contribution in [-0.2, 0) is 9.53 Å². The Kier molecular flexibility index (Phi) is 6.26. The molecule has 6 nitrogen and oxygen atoms in total. The van der Waals surface area contributed by atoms with Crippen LogP contribution in [0.3, 0.4) is 0 Å². The largest absolute Gasteiger partial charge is 0.443 e. The predicted octanol–water partition coefficient (Wildman–Crippen LogP) is 4.84. The average Bonchev–Trinajstić information content (AvgIpc) is 3.12. The highest BCUT2D eigenvalue weighted by Crippen LogP contribution is 2.38. The molecule has 2 fully saturated rings. The molecular weight excluding hydrogens is 354 g/mol. The van der Waals surface area contributed by atoms with Crippen molar-refractivity contribution in [2.75, 3.05) is 11.4 Å². The van der Waals surface area contributed by atoms with Crippen molar-refractivity contribution in [2.24, 2.45) is 0 Å². The summed E-state index contributed by atoms with van der Waals surface area (Å²) in [5.41, 5.74) is 0.379. The standard InChI is InChI=1S/C22H33N3O3/c1-16(26)24-15-9-13-19(24)18-12-8-14-23-20(18)25(17-10-6-5-7-11-17)21(27)28-22(2,3)4/h8,12,14,17,19H,5-7,9-11,13,15H2,1-4H3/t19-/m0/s1. The molecule has 2 heterocycles. The molecule has 1 saturated carbocycles. The van der Waals surface area contributed by atoms with Gasteiger partial charge in [-0.25, -0.2) is 9.78 Å². The molecule has 2 aliphatic rings. The van der Waals surface area contributed by atoms with Crippen molar-refractivity contribution in [3.05, 3.63) is 23.9 Å². The van der Waals surface area contributed by atoms with Gasteiger partial charge in [0.15, 0.2) is 0 Å². The van der Waals surface area contributed by atoms with Gasteiger partial charge in [0.05, 0.1) is 6.04 Å². The number of aromatic nitrogens is 1. The molecule has 0 spiro atoms. The van der Waals surface area contributed by atoms with Crippen LogP contribution in [0.15, 0.2) is 18.3 Å². The normalized spacial score (nSPS) is 20.9. The Bertz CT molecular complexity index is 707. The second-order valence-corrected chi connectivity index (χ2v) is 8.93. The predicted molar refractivity (Wildman–Crippen MR) is 109 cm³/mol. The Labute approximate surface area is 168 Å². The monoisotopic (exact) mass is 387 g/mol. The summed E-state index contributed by atoms with van der Waals surface area (Å²) in [4.78, 5) is 33.7. The van der Waals surface area contributed by atoms with Gasteiger partial charge in [-0.2, -0.15) is 0 Å². The van der Waals surface area contributed by atoms with Gasteiger partial charge < -0.3 is 9.64 Å². The van der Waals surface area contributed by atoms with Gasteiger partial charge in [0.1, 0.15) is 11.4 Å². The van der Waals surface area contributed by atoms with E-state index in [1.807, 2.05) is 37.8 Å². The Balaban J connectivity index is 2.00. The molecule has 1 aromatic heterocycles. The van der Waals surface area contributed by atoms with Crippen molar-refractivity contribution < 1.29 is 14.3 Å². The minimum atomic E-state index is -0.572. The van der Waals surface area contributed by atoms with Gasteiger partial charge >= 0.3 is 6.09 Å². The first-order valence-electron chi connectivity index (χ1n) is 10.5. The minimum Gasteiger partial charge on any atom is -0.443 e. The first kappa shape index (κ1) is 20.6. The maximum absolute atomic E-state index is 13.2. The molecule has 1 atom stereocenters. The third-order valence-electron chi connectivity index (χ3n) is 5.59. The van der Waals surface area contributed by atoms with Crippen molar-refractivity contribution in [1.29, 1.82) is 0 Å². The Hall–Kier alpha value is -2.11. The zero-order valence-electron chi connectivity index (χ0n) is 17.6. The fourth-order valence-corrected chi connectivity index (χ4v) is 4.40. The summed E-state index contributed by atoms with van der Waals surface area (Å²) in [5, 5.41) is 0. The second-order valence-electron chi connectivity index (χ2n) is 8.93. The van der Waals surface area contributed by atoms with E-state index in [4.69, 9.17) is 4.74 Å². The molecule has 0 unspecified atom stereocenters. The molecule has 3 rings (SSSR count). The second kappa shape index (κ2) is 8.50. The maximum Gasteiger partial charge on any atom is 0.416 e. The fraction of sp³-hybridized carbons (Fsp3) is 0.682. The van der Waals surface area contributed by atoms with E-state index in [2.05, 4.69) is 4.98 Å². The number of anilines is 1. The lowest BCUT2D eigenvalue weighted by Crippen LogP contribution is -2.45. The van der Waals surface area contributed by atoms with Gasteiger partial charge in [-0.1, -0.05) is 25.3 Å². The number of hydrogen-bond acceptors (Lipinski definition) is 4. The quantitative estimate of drug-likeness (QED) is 0.744. The van der Waals surface area contributed by atoms with Crippen LogP contribution in [0.5, 0.6) is 0 Å². The van der Waals surface area contributed by atoms with E-state index in [0.717, 1.165) is 50.6 Å². The molecule has 0 radical (unpaired) electrons. The number of nitrogens with zero attached hydrogens (tertiary/aromatic N) is 3. The lowest BCUT2D eigenvalue weighted by Gasteiger charge is -2.37. The van der Waals surface area contributed by atoms with Crippen LogP contribution in [0.4, 0.5) is 10.6 Å². The van der Waals surface area contributed by atoms with Crippen LogP contribution in [0.1, 0.15) is 84.2 Å². The van der Waals surface area contributed by atoms with Gasteiger partial charge in [-0.3, -0.25) is 9.69 Å². The first-order chi connectivity index (χ1) is 13.3. The van der Waals surface area contributed by atoms with Crippen molar-refractivity contribution >= 4 is 17.8 Å². The lowest BCUT2D eigenvalue weighted by molar-refractivity contribution is -0.129. The van der Waals surface area contributed by atoms with Gasteiger partial charge in [-0.15, -0.1) is 0 Å². The Morgan fingerprint density at radius 3 is 2.50 bits per heavy atom. The summed E-state index contributed by atoms with van der Waals surface area (Å²) in [7, 11) is 0. The number of pyridine rings is 1. The average molecular weight is 388 g/mol. The van der Waals surface area contributed by atoms with E-state index in [1.165, 1.54) is 6.42 Å². The SMILES string of the molecule is CC(=O)N1CCC[C@H]1c1cccnc1N(C(=O)OC(C)(C)C)C1CCCCC1. The summed E-state index contributed by atoms with van der Waals surface area (Å²) in [5.74, 6) is 0.723. The molecule has 6 heteroatoms. The van der Waals surface area contributed by atoms with Crippen LogP contribution in [-0.4, -0.2) is 40.1 Å². The van der Waals surface area contributed by atoms with Gasteiger partial charge in [0.2, 0.25) is 5.91 Å². The number of rotatable bonds is 3. The molecule has 1 aliphatic carbocycles. The number of hydrogen-bond donors (Lipinski definition) is 0. The van der Waals surface area contributed by atoms with Crippen LogP contribution in [0, 0.1) is 0 Å². The van der Waals surface area contributed by atoms with Gasteiger partial charge in [0.25, 0.3) is 0 Å². The molecule has 1 saturated heterocycles. The highest BCUT2D eigenvalue weighted by Gasteiger charge is 2.36. The fourth-order valence-electron chi connectivity index (χ4n) is 4.40. The molecule has 1 aliphatic heterocycles. The van der Waals surface area contributed by atoms with Crippen LogP contribution in [0.25, 0.3) is 0 Å². The highest BCUT2D eigenvalue weighted by molar-refractivity contribution is 5.88. The number of carbonyl (C=O) groups excluding carboxylic acids is 2. The van der Waals surface area contributed by atoms with E-state index in [0.29, 0.717) is 5.82 Å². The highest BCUT2D eigenvalue weighted by atomic mass is 16.6. The topological polar surface area (TPSA) is 62.7 Å². The van der Waals surface area contributed by atoms with E-state index in [1.54, 1.807) is 18.0 Å². The summed E-state index contributed by atoms with van der Waals surface area (Å²) >= 11 is 0. The molecule has 154 valence electrons. The molecule has 0 aromatic carbocycles. The Morgan fingerprint density at radius 2 is 1.86 bits per heavy atom. The van der Waals surface area contributed by atoms with Crippen LogP contribution < -0.4 is 4.90 Å². The van der Waals surface area contributed by atoms with Crippen molar-refractivity contribution in [3.8, 4) is 0 Å². The van der Waals surface area contributed by atoms with Crippen LogP contribution in [0.2, 0.25) is 0 Å². The summed E-state index contributed by atoms with van der Waals surface area (Å²) in [6.07, 6.45) is 8.57. The van der Waals surface area contributed by atoms with Gasteiger partial charge in [0, 0.05) is 31.3 Å². The zero-order valence-corrected chi connectivity index (χ0v) is 17.6. The minimum absolute atomic E-state index is 0.0327. The van der Waals surface area contributed by atoms with Crippen LogP contribution >= 0.6 is 0 Å². The van der Waals surface area contributed by atoms with Crippen molar-refractivity contribution in [1.82, 2.24) is 9.88 Å². The van der Waals surface area contributed by atoms with Crippen molar-refractivity contribution in [2.45, 2.75) is 90.3 Å². The molecule has 28 heavy (non-hydrogen) atoms. The molecule has 0 N–H and O–H groups in total. The molecule has 2 amide bonds. The lowest BCUT2D eigenvalue weighted by atomic mass is 9.93. The third-order valence-corrected chi connectivity index (χ3v) is 5.59. The maximum atomic E-state index is 13.2. The Morgan fingerprint density at radius 1 is 1.14 bits per heavy atom. The summed E-state index contributed by atoms with van der Waals surface area (Å²) in [6, 6.07) is 3.96. The number of carbonyl (C=O) groups is 2. The van der Waals surface area contributed by atoms with E-state index < -0.39 is 5.60 Å². The molecular formula is C22H33N3O3. The van der Waals surface area contributed by atoms with Crippen molar-refractivity contribution in [3.63, 3.8) is 0 Å². The van der Waals surface area contributed by atoms with E-state index >= 15 is 0 Å². The van der Waals surface area contributed by atoms with E-state index in [-0.39, 0.29) is 24.1 Å². The summed E-state index contributed by atoms with van der Waals surface area (Å²) in [6.45, 7) is 8.03. The number of amides is 2.